The van der Waals surface area contributed by atoms with Gasteiger partial charge in [0.25, 0.3) is 0 Å². The van der Waals surface area contributed by atoms with Crippen molar-refractivity contribution in [1.82, 2.24) is 5.43 Å². The summed E-state index contributed by atoms with van der Waals surface area (Å²) in [4.78, 5) is 22.4. The second-order valence-corrected chi connectivity index (χ2v) is 5.65. The zero-order valence-electron chi connectivity index (χ0n) is 14.2. The standard InChI is InChI=1S/C19H20N2O4/c1-13-3-4-14(2)16(9-13)10-18(22)21-20-11-15-5-7-17(8-6-15)25-12-19(23)24/h3-9,11H,10,12H2,1-2H3,(H,21,22)(H,23,24)/b20-11+. The molecular formula is C19H20N2O4. The first kappa shape index (κ1) is 18.2. The lowest BCUT2D eigenvalue weighted by Gasteiger charge is -2.06. The molecule has 0 saturated carbocycles. The van der Waals surface area contributed by atoms with Crippen LogP contribution < -0.4 is 10.2 Å². The molecule has 0 spiro atoms. The van der Waals surface area contributed by atoms with Gasteiger partial charge in [-0.2, -0.15) is 5.10 Å². The molecule has 1 amide bonds. The number of hydrogen-bond acceptors (Lipinski definition) is 4. The zero-order chi connectivity index (χ0) is 18.2. The van der Waals surface area contributed by atoms with Gasteiger partial charge in [-0.05, 0) is 54.8 Å². The van der Waals surface area contributed by atoms with Crippen LogP contribution in [-0.4, -0.2) is 29.8 Å². The second kappa shape index (κ2) is 8.63. The summed E-state index contributed by atoms with van der Waals surface area (Å²) in [6.07, 6.45) is 1.79. The van der Waals surface area contributed by atoms with E-state index in [0.717, 1.165) is 22.3 Å². The molecule has 130 valence electrons. The molecule has 0 aliphatic rings. The van der Waals surface area contributed by atoms with E-state index in [9.17, 15) is 9.59 Å². The SMILES string of the molecule is Cc1ccc(C)c(CC(=O)N/N=C/c2ccc(OCC(=O)O)cc2)c1. The van der Waals surface area contributed by atoms with E-state index in [-0.39, 0.29) is 18.9 Å². The first-order chi connectivity index (χ1) is 11.9. The third-order valence-electron chi connectivity index (χ3n) is 3.50. The summed E-state index contributed by atoms with van der Waals surface area (Å²) in [6, 6.07) is 12.7. The maximum atomic E-state index is 12.0. The monoisotopic (exact) mass is 340 g/mol. The highest BCUT2D eigenvalue weighted by atomic mass is 16.5. The zero-order valence-corrected chi connectivity index (χ0v) is 14.2. The summed E-state index contributed by atoms with van der Waals surface area (Å²) in [5.41, 5.74) is 6.42. The number of nitrogens with one attached hydrogen (secondary N) is 1. The van der Waals surface area contributed by atoms with Crippen molar-refractivity contribution < 1.29 is 19.4 Å². The quantitative estimate of drug-likeness (QED) is 0.599. The summed E-state index contributed by atoms with van der Waals surface area (Å²) in [5.74, 6) is -0.762. The average molecular weight is 340 g/mol. The number of aliphatic carboxylic acids is 1. The number of hydrogen-bond donors (Lipinski definition) is 2. The normalized spacial score (nSPS) is 10.6. The van der Waals surface area contributed by atoms with Crippen LogP contribution in [-0.2, 0) is 16.0 Å². The summed E-state index contributed by atoms with van der Waals surface area (Å²) < 4.78 is 5.04. The molecule has 0 aliphatic heterocycles. The van der Waals surface area contributed by atoms with Crippen LogP contribution in [0.25, 0.3) is 0 Å². The average Bonchev–Trinajstić information content (AvgIpc) is 2.57. The lowest BCUT2D eigenvalue weighted by atomic mass is 10.0. The smallest absolute Gasteiger partial charge is 0.341 e. The van der Waals surface area contributed by atoms with Gasteiger partial charge in [-0.1, -0.05) is 23.8 Å². The van der Waals surface area contributed by atoms with E-state index in [4.69, 9.17) is 9.84 Å². The summed E-state index contributed by atoms with van der Waals surface area (Å²) in [5, 5.41) is 12.5. The minimum Gasteiger partial charge on any atom is -0.482 e. The van der Waals surface area contributed by atoms with Crippen LogP contribution in [0.5, 0.6) is 5.75 Å². The topological polar surface area (TPSA) is 88.0 Å². The molecule has 0 unspecified atom stereocenters. The third-order valence-corrected chi connectivity index (χ3v) is 3.50. The summed E-state index contributed by atoms with van der Waals surface area (Å²) in [7, 11) is 0. The lowest BCUT2D eigenvalue weighted by molar-refractivity contribution is -0.139. The van der Waals surface area contributed by atoms with Crippen molar-refractivity contribution in [3.8, 4) is 5.75 Å². The number of aryl methyl sites for hydroxylation is 2. The molecule has 0 heterocycles. The Labute approximate surface area is 146 Å². The predicted octanol–water partition coefficient (Wildman–Crippen LogP) is 2.46. The van der Waals surface area contributed by atoms with Gasteiger partial charge < -0.3 is 9.84 Å². The van der Waals surface area contributed by atoms with Crippen LogP contribution in [0.4, 0.5) is 0 Å². The van der Waals surface area contributed by atoms with E-state index in [1.807, 2.05) is 32.0 Å². The fourth-order valence-electron chi connectivity index (χ4n) is 2.18. The maximum absolute atomic E-state index is 12.0. The second-order valence-electron chi connectivity index (χ2n) is 5.65. The molecule has 0 atom stereocenters. The molecule has 2 rings (SSSR count). The Hall–Kier alpha value is -3.15. The Balaban J connectivity index is 1.86. The van der Waals surface area contributed by atoms with Crippen molar-refractivity contribution >= 4 is 18.1 Å². The van der Waals surface area contributed by atoms with E-state index in [2.05, 4.69) is 10.5 Å². The minimum absolute atomic E-state index is 0.189. The number of carbonyl (C=O) groups excluding carboxylic acids is 1. The highest BCUT2D eigenvalue weighted by Crippen LogP contribution is 2.12. The van der Waals surface area contributed by atoms with Crippen LogP contribution >= 0.6 is 0 Å². The molecule has 2 N–H and O–H groups in total. The third kappa shape index (κ3) is 6.10. The van der Waals surface area contributed by atoms with E-state index >= 15 is 0 Å². The molecule has 25 heavy (non-hydrogen) atoms. The Morgan fingerprint density at radius 1 is 1.16 bits per heavy atom. The highest BCUT2D eigenvalue weighted by molar-refractivity contribution is 5.83. The highest BCUT2D eigenvalue weighted by Gasteiger charge is 2.05. The largest absolute Gasteiger partial charge is 0.482 e. The van der Waals surface area contributed by atoms with Gasteiger partial charge in [0.15, 0.2) is 6.61 Å². The number of benzene rings is 2. The van der Waals surface area contributed by atoms with Crippen LogP contribution in [0.3, 0.4) is 0 Å². The van der Waals surface area contributed by atoms with E-state index < -0.39 is 5.97 Å². The van der Waals surface area contributed by atoms with Crippen molar-refractivity contribution in [2.24, 2.45) is 5.10 Å². The Bertz CT molecular complexity index is 783. The molecule has 2 aromatic carbocycles. The molecule has 0 bridgehead atoms. The predicted molar refractivity (Wildman–Crippen MR) is 94.9 cm³/mol. The molecule has 0 fully saturated rings. The number of amides is 1. The fraction of sp³-hybridized carbons (Fsp3) is 0.211. The van der Waals surface area contributed by atoms with Gasteiger partial charge in [-0.15, -0.1) is 0 Å². The van der Waals surface area contributed by atoms with Crippen molar-refractivity contribution in [1.29, 1.82) is 0 Å². The fourth-order valence-corrected chi connectivity index (χ4v) is 2.18. The summed E-state index contributed by atoms with van der Waals surface area (Å²) in [6.45, 7) is 3.57. The van der Waals surface area contributed by atoms with Crippen molar-refractivity contribution in [3.05, 3.63) is 64.7 Å². The first-order valence-electron chi connectivity index (χ1n) is 7.77. The summed E-state index contributed by atoms with van der Waals surface area (Å²) >= 11 is 0. The molecule has 6 nitrogen and oxygen atoms in total. The number of ether oxygens (including phenoxy) is 1. The van der Waals surface area contributed by atoms with Gasteiger partial charge >= 0.3 is 5.97 Å². The van der Waals surface area contributed by atoms with Gasteiger partial charge in [0, 0.05) is 0 Å². The van der Waals surface area contributed by atoms with E-state index in [0.29, 0.717) is 5.75 Å². The Kier molecular flexibility index (Phi) is 6.28. The van der Waals surface area contributed by atoms with Crippen molar-refractivity contribution in [2.75, 3.05) is 6.61 Å². The number of carbonyl (C=O) groups is 2. The van der Waals surface area contributed by atoms with Crippen LogP contribution in [0.2, 0.25) is 0 Å². The number of carboxylic acid groups (broad SMARTS) is 1. The lowest BCUT2D eigenvalue weighted by Crippen LogP contribution is -2.20. The van der Waals surface area contributed by atoms with Crippen molar-refractivity contribution in [2.45, 2.75) is 20.3 Å². The molecule has 2 aromatic rings. The first-order valence-corrected chi connectivity index (χ1v) is 7.77. The Morgan fingerprint density at radius 2 is 1.88 bits per heavy atom. The van der Waals surface area contributed by atoms with E-state index in [1.54, 1.807) is 24.3 Å². The van der Waals surface area contributed by atoms with Crippen LogP contribution in [0, 0.1) is 13.8 Å². The van der Waals surface area contributed by atoms with E-state index in [1.165, 1.54) is 6.21 Å². The van der Waals surface area contributed by atoms with Crippen molar-refractivity contribution in [3.63, 3.8) is 0 Å². The molecule has 0 radical (unpaired) electrons. The number of hydrazone groups is 1. The van der Waals surface area contributed by atoms with Gasteiger partial charge in [0.1, 0.15) is 5.75 Å². The molecule has 6 heteroatoms. The van der Waals surface area contributed by atoms with Gasteiger partial charge in [-0.25, -0.2) is 10.2 Å². The Morgan fingerprint density at radius 3 is 2.56 bits per heavy atom. The molecule has 0 saturated heterocycles. The molecule has 0 aliphatic carbocycles. The van der Waals surface area contributed by atoms with Gasteiger partial charge in [-0.3, -0.25) is 4.79 Å². The number of nitrogens with zero attached hydrogens (tertiary/aromatic N) is 1. The number of rotatable bonds is 7. The number of carboxylic acids is 1. The minimum atomic E-state index is -1.03. The molecule has 0 aromatic heterocycles. The van der Waals surface area contributed by atoms with Gasteiger partial charge in [0.05, 0.1) is 12.6 Å². The van der Waals surface area contributed by atoms with Crippen LogP contribution in [0.15, 0.2) is 47.6 Å². The van der Waals surface area contributed by atoms with Gasteiger partial charge in [0.2, 0.25) is 5.91 Å². The van der Waals surface area contributed by atoms with Crippen LogP contribution in [0.1, 0.15) is 22.3 Å². The maximum Gasteiger partial charge on any atom is 0.341 e. The molecular weight excluding hydrogens is 320 g/mol.